The van der Waals surface area contributed by atoms with Crippen LogP contribution in [-0.4, -0.2) is 43.3 Å². The molecule has 1 amide bonds. The van der Waals surface area contributed by atoms with Gasteiger partial charge in [-0.3, -0.25) is 14.4 Å². The van der Waals surface area contributed by atoms with Gasteiger partial charge in [-0.15, -0.1) is 0 Å². The number of aromatic nitrogens is 4. The number of likely N-dealkylation sites (tertiary alicyclic amines) is 1. The highest BCUT2D eigenvalue weighted by Crippen LogP contribution is 2.32. The molecular weight excluding hydrogens is 296 g/mol. The Morgan fingerprint density at radius 3 is 3.04 bits per heavy atom. The third-order valence-corrected chi connectivity index (χ3v) is 4.49. The monoisotopic (exact) mass is 316 g/mol. The Morgan fingerprint density at radius 1 is 1.43 bits per heavy atom. The molecule has 0 unspecified atom stereocenters. The molecule has 2 aromatic heterocycles. The lowest BCUT2D eigenvalue weighted by Gasteiger charge is -2.21. The van der Waals surface area contributed by atoms with Gasteiger partial charge in [-0.2, -0.15) is 10.1 Å². The molecule has 0 radical (unpaired) electrons. The van der Waals surface area contributed by atoms with E-state index in [1.807, 2.05) is 17.8 Å². The standard InChI is InChI=1S/C15H20N6O2/c1-20-11(6-7-16-20)9-21-8-2-3-12(21)15-18-13(19-23-15)14(22)17-10-4-5-10/h6-7,10,12H,2-5,8-9H2,1H3,(H,17,22)/t12-/m0/s1. The highest BCUT2D eigenvalue weighted by Gasteiger charge is 2.32. The maximum absolute atomic E-state index is 12.0. The van der Waals surface area contributed by atoms with Crippen LogP contribution in [0.3, 0.4) is 0 Å². The fourth-order valence-corrected chi connectivity index (χ4v) is 3.00. The molecule has 2 fully saturated rings. The molecule has 1 aliphatic heterocycles. The van der Waals surface area contributed by atoms with Crippen molar-refractivity contribution >= 4 is 5.91 Å². The third kappa shape index (κ3) is 2.98. The van der Waals surface area contributed by atoms with E-state index in [4.69, 9.17) is 4.52 Å². The zero-order valence-corrected chi connectivity index (χ0v) is 13.1. The van der Waals surface area contributed by atoms with Crippen LogP contribution in [0.4, 0.5) is 0 Å². The van der Waals surface area contributed by atoms with Gasteiger partial charge >= 0.3 is 0 Å². The van der Waals surface area contributed by atoms with E-state index in [-0.39, 0.29) is 23.8 Å². The molecule has 1 saturated heterocycles. The van der Waals surface area contributed by atoms with Crippen molar-refractivity contribution in [2.75, 3.05) is 6.54 Å². The summed E-state index contributed by atoms with van der Waals surface area (Å²) in [7, 11) is 1.94. The van der Waals surface area contributed by atoms with Crippen LogP contribution in [0.25, 0.3) is 0 Å². The Kier molecular flexibility index (Phi) is 3.60. The molecular formula is C15H20N6O2. The summed E-state index contributed by atoms with van der Waals surface area (Å²) >= 11 is 0. The minimum absolute atomic E-state index is 0.0693. The molecule has 2 aliphatic rings. The summed E-state index contributed by atoms with van der Waals surface area (Å²) in [6.45, 7) is 1.76. The molecule has 8 nitrogen and oxygen atoms in total. The summed E-state index contributed by atoms with van der Waals surface area (Å²) < 4.78 is 7.24. The Labute approximate surface area is 133 Å². The van der Waals surface area contributed by atoms with Crippen molar-refractivity contribution in [3.8, 4) is 0 Å². The van der Waals surface area contributed by atoms with Gasteiger partial charge in [0.1, 0.15) is 0 Å². The van der Waals surface area contributed by atoms with Crippen molar-refractivity contribution in [3.05, 3.63) is 29.7 Å². The zero-order valence-electron chi connectivity index (χ0n) is 13.1. The molecule has 23 heavy (non-hydrogen) atoms. The summed E-state index contributed by atoms with van der Waals surface area (Å²) in [5.41, 5.74) is 1.14. The number of carbonyl (C=O) groups excluding carboxylic acids is 1. The molecule has 0 bridgehead atoms. The highest BCUT2D eigenvalue weighted by atomic mass is 16.5. The summed E-state index contributed by atoms with van der Waals surface area (Å²) in [5.74, 6) is 0.434. The molecule has 1 N–H and O–H groups in total. The highest BCUT2D eigenvalue weighted by molar-refractivity contribution is 5.90. The number of carbonyl (C=O) groups is 1. The first kappa shape index (κ1) is 14.4. The number of hydrogen-bond donors (Lipinski definition) is 1. The Bertz CT molecular complexity index is 704. The smallest absolute Gasteiger partial charge is 0.292 e. The molecule has 3 heterocycles. The van der Waals surface area contributed by atoms with Gasteiger partial charge in [0.15, 0.2) is 0 Å². The molecule has 122 valence electrons. The lowest BCUT2D eigenvalue weighted by atomic mass is 10.2. The predicted octanol–water partition coefficient (Wildman–Crippen LogP) is 1.03. The molecule has 1 aliphatic carbocycles. The van der Waals surface area contributed by atoms with Crippen molar-refractivity contribution in [2.24, 2.45) is 7.05 Å². The van der Waals surface area contributed by atoms with Crippen LogP contribution in [0.15, 0.2) is 16.8 Å². The summed E-state index contributed by atoms with van der Waals surface area (Å²) in [5, 5.41) is 10.9. The Hall–Kier alpha value is -2.22. The van der Waals surface area contributed by atoms with Gasteiger partial charge in [-0.1, -0.05) is 5.16 Å². The van der Waals surface area contributed by atoms with E-state index in [9.17, 15) is 4.79 Å². The third-order valence-electron chi connectivity index (χ3n) is 4.49. The van der Waals surface area contributed by atoms with Gasteiger partial charge in [-0.25, -0.2) is 0 Å². The fraction of sp³-hybridized carbons (Fsp3) is 0.600. The quantitative estimate of drug-likeness (QED) is 0.886. The van der Waals surface area contributed by atoms with Crippen LogP contribution in [0.1, 0.15) is 53.9 Å². The van der Waals surface area contributed by atoms with Crippen molar-refractivity contribution in [3.63, 3.8) is 0 Å². The number of rotatable bonds is 5. The van der Waals surface area contributed by atoms with Crippen molar-refractivity contribution in [1.29, 1.82) is 0 Å². The minimum Gasteiger partial charge on any atom is -0.346 e. The van der Waals surface area contributed by atoms with Crippen LogP contribution in [0.5, 0.6) is 0 Å². The van der Waals surface area contributed by atoms with E-state index in [0.717, 1.165) is 44.5 Å². The average molecular weight is 316 g/mol. The van der Waals surface area contributed by atoms with Gasteiger partial charge in [0.05, 0.1) is 11.7 Å². The second kappa shape index (κ2) is 5.77. The number of aryl methyl sites for hydroxylation is 1. The first-order valence-electron chi connectivity index (χ1n) is 8.06. The number of amides is 1. The molecule has 4 rings (SSSR count). The topological polar surface area (TPSA) is 89.1 Å². The van der Waals surface area contributed by atoms with Gasteiger partial charge in [0, 0.05) is 25.8 Å². The lowest BCUT2D eigenvalue weighted by Crippen LogP contribution is -2.27. The van der Waals surface area contributed by atoms with Crippen molar-refractivity contribution in [2.45, 2.75) is 44.3 Å². The molecule has 8 heteroatoms. The Balaban J connectivity index is 1.46. The number of nitrogens with zero attached hydrogens (tertiary/aromatic N) is 5. The van der Waals surface area contributed by atoms with Crippen molar-refractivity contribution in [1.82, 2.24) is 30.1 Å². The van der Waals surface area contributed by atoms with E-state index < -0.39 is 0 Å². The molecule has 0 spiro atoms. The largest absolute Gasteiger partial charge is 0.346 e. The van der Waals surface area contributed by atoms with Gasteiger partial charge in [0.25, 0.3) is 11.7 Å². The van der Waals surface area contributed by atoms with E-state index in [2.05, 4.69) is 25.5 Å². The van der Waals surface area contributed by atoms with Crippen LogP contribution in [-0.2, 0) is 13.6 Å². The average Bonchev–Trinajstić information content (AvgIpc) is 2.96. The molecule has 0 aromatic carbocycles. The van der Waals surface area contributed by atoms with Crippen molar-refractivity contribution < 1.29 is 9.32 Å². The first-order valence-corrected chi connectivity index (χ1v) is 8.06. The molecule has 2 aromatic rings. The maximum Gasteiger partial charge on any atom is 0.292 e. The minimum atomic E-state index is -0.237. The second-order valence-corrected chi connectivity index (χ2v) is 6.28. The first-order chi connectivity index (χ1) is 11.2. The summed E-state index contributed by atoms with van der Waals surface area (Å²) in [6.07, 6.45) is 5.92. The molecule has 1 saturated carbocycles. The summed E-state index contributed by atoms with van der Waals surface area (Å²) in [6, 6.07) is 2.37. The second-order valence-electron chi connectivity index (χ2n) is 6.28. The van der Waals surface area contributed by atoms with E-state index in [1.165, 1.54) is 0 Å². The van der Waals surface area contributed by atoms with Crippen LogP contribution in [0.2, 0.25) is 0 Å². The van der Waals surface area contributed by atoms with Gasteiger partial charge < -0.3 is 9.84 Å². The summed E-state index contributed by atoms with van der Waals surface area (Å²) in [4.78, 5) is 18.6. The predicted molar refractivity (Wildman–Crippen MR) is 80.4 cm³/mol. The van der Waals surface area contributed by atoms with Gasteiger partial charge in [0.2, 0.25) is 5.89 Å². The zero-order chi connectivity index (χ0) is 15.8. The van der Waals surface area contributed by atoms with Crippen LogP contribution in [0, 0.1) is 0 Å². The number of nitrogens with one attached hydrogen (secondary N) is 1. The Morgan fingerprint density at radius 2 is 2.30 bits per heavy atom. The van der Waals surface area contributed by atoms with Crippen LogP contribution < -0.4 is 5.32 Å². The van der Waals surface area contributed by atoms with Gasteiger partial charge in [-0.05, 0) is 38.3 Å². The van der Waals surface area contributed by atoms with Crippen LogP contribution >= 0.6 is 0 Å². The van der Waals surface area contributed by atoms with E-state index in [0.29, 0.717) is 5.89 Å². The SMILES string of the molecule is Cn1nccc1CN1CCC[C@H]1c1nc(C(=O)NC2CC2)no1. The fourth-order valence-electron chi connectivity index (χ4n) is 3.00. The molecule has 1 atom stereocenters. The normalized spacial score (nSPS) is 21.7. The lowest BCUT2D eigenvalue weighted by molar-refractivity contribution is 0.0937. The maximum atomic E-state index is 12.0. The van der Waals surface area contributed by atoms with E-state index in [1.54, 1.807) is 6.20 Å². The number of hydrogen-bond acceptors (Lipinski definition) is 6. The van der Waals surface area contributed by atoms with E-state index >= 15 is 0 Å².